The van der Waals surface area contributed by atoms with Gasteiger partial charge in [0, 0.05) is 18.4 Å². The van der Waals surface area contributed by atoms with Crippen LogP contribution in [0.1, 0.15) is 44.6 Å². The molecule has 0 aromatic heterocycles. The minimum absolute atomic E-state index is 0.00320. The minimum atomic E-state index is -0.372. The summed E-state index contributed by atoms with van der Waals surface area (Å²) in [5, 5.41) is 12.1. The van der Waals surface area contributed by atoms with Gasteiger partial charge in [0.05, 0.1) is 17.9 Å². The first-order chi connectivity index (χ1) is 10.1. The van der Waals surface area contributed by atoms with Crippen molar-refractivity contribution in [2.24, 2.45) is 5.16 Å². The van der Waals surface area contributed by atoms with E-state index in [0.717, 1.165) is 25.7 Å². The molecule has 2 fully saturated rings. The summed E-state index contributed by atoms with van der Waals surface area (Å²) in [4.78, 5) is 0. The number of hydrogen-bond acceptors (Lipinski definition) is 4. The van der Waals surface area contributed by atoms with Crippen LogP contribution in [0.25, 0.3) is 0 Å². The molecule has 3 rings (SSSR count). The molecule has 0 bridgehead atoms. The molecule has 1 aliphatic carbocycles. The number of oxime groups is 1. The molecule has 0 radical (unpaired) electrons. The SMILES string of the molecule is C/C(=N/O)c1cc(F)ccc1OC1CCOC2(CCC2)C1. The van der Waals surface area contributed by atoms with Gasteiger partial charge in [0.1, 0.15) is 17.7 Å². The fraction of sp³-hybridized carbons (Fsp3) is 0.562. The molecule has 21 heavy (non-hydrogen) atoms. The number of nitrogens with zero attached hydrogens (tertiary/aromatic N) is 1. The van der Waals surface area contributed by atoms with Crippen molar-refractivity contribution < 1.29 is 19.1 Å². The van der Waals surface area contributed by atoms with Crippen LogP contribution in [0.15, 0.2) is 23.4 Å². The molecule has 1 saturated heterocycles. The molecule has 1 aliphatic heterocycles. The second-order valence-corrected chi connectivity index (χ2v) is 5.94. The highest BCUT2D eigenvalue weighted by atomic mass is 19.1. The van der Waals surface area contributed by atoms with E-state index in [-0.39, 0.29) is 17.5 Å². The van der Waals surface area contributed by atoms with Crippen LogP contribution in [0.4, 0.5) is 4.39 Å². The average molecular weight is 293 g/mol. The molecule has 1 atom stereocenters. The fourth-order valence-electron chi connectivity index (χ4n) is 3.12. The summed E-state index contributed by atoms with van der Waals surface area (Å²) in [5.41, 5.74) is 0.838. The van der Waals surface area contributed by atoms with Crippen LogP contribution in [0.5, 0.6) is 5.75 Å². The highest BCUT2D eigenvalue weighted by Crippen LogP contribution is 2.43. The zero-order valence-corrected chi connectivity index (χ0v) is 12.1. The van der Waals surface area contributed by atoms with E-state index >= 15 is 0 Å². The Morgan fingerprint density at radius 2 is 2.29 bits per heavy atom. The third-order valence-corrected chi connectivity index (χ3v) is 4.49. The van der Waals surface area contributed by atoms with Crippen molar-refractivity contribution in [3.8, 4) is 5.75 Å². The molecule has 5 heteroatoms. The first-order valence-electron chi connectivity index (χ1n) is 7.41. The number of rotatable bonds is 3. The van der Waals surface area contributed by atoms with E-state index in [9.17, 15) is 4.39 Å². The Labute approximate surface area is 123 Å². The van der Waals surface area contributed by atoms with Crippen molar-refractivity contribution in [3.05, 3.63) is 29.6 Å². The summed E-state index contributed by atoms with van der Waals surface area (Å²) < 4.78 is 25.3. The molecule has 114 valence electrons. The summed E-state index contributed by atoms with van der Waals surface area (Å²) in [6.45, 7) is 2.33. The van der Waals surface area contributed by atoms with E-state index in [4.69, 9.17) is 14.7 Å². The van der Waals surface area contributed by atoms with Gasteiger partial charge in [-0.25, -0.2) is 4.39 Å². The second kappa shape index (κ2) is 5.64. The molecule has 1 unspecified atom stereocenters. The van der Waals surface area contributed by atoms with Crippen LogP contribution in [0, 0.1) is 5.82 Å². The Morgan fingerprint density at radius 1 is 1.48 bits per heavy atom. The topological polar surface area (TPSA) is 51.1 Å². The Hall–Kier alpha value is -1.62. The molecule has 1 aromatic carbocycles. The quantitative estimate of drug-likeness (QED) is 0.527. The highest BCUT2D eigenvalue weighted by molar-refractivity contribution is 6.00. The summed E-state index contributed by atoms with van der Waals surface area (Å²) in [6, 6.07) is 4.30. The number of halogens is 1. The predicted octanol–water partition coefficient (Wildman–Crippen LogP) is 3.50. The van der Waals surface area contributed by atoms with Gasteiger partial charge >= 0.3 is 0 Å². The molecule has 1 N–H and O–H groups in total. The first-order valence-corrected chi connectivity index (χ1v) is 7.41. The zero-order chi connectivity index (χ0) is 14.9. The normalized spacial score (nSPS) is 24.7. The molecule has 0 amide bonds. The maximum absolute atomic E-state index is 13.4. The summed E-state index contributed by atoms with van der Waals surface area (Å²) >= 11 is 0. The number of hydrogen-bond donors (Lipinski definition) is 1. The monoisotopic (exact) mass is 293 g/mol. The highest BCUT2D eigenvalue weighted by Gasteiger charge is 2.43. The van der Waals surface area contributed by atoms with Crippen molar-refractivity contribution in [3.63, 3.8) is 0 Å². The maximum atomic E-state index is 13.4. The third kappa shape index (κ3) is 2.88. The van der Waals surface area contributed by atoms with Crippen molar-refractivity contribution in [1.29, 1.82) is 0 Å². The van der Waals surface area contributed by atoms with Gasteiger partial charge in [0.2, 0.25) is 0 Å². The molecule has 1 saturated carbocycles. The Bertz CT molecular complexity index is 554. The van der Waals surface area contributed by atoms with Crippen molar-refractivity contribution >= 4 is 5.71 Å². The van der Waals surface area contributed by atoms with Gasteiger partial charge in [0.25, 0.3) is 0 Å². The van der Waals surface area contributed by atoms with Gasteiger partial charge in [-0.15, -0.1) is 0 Å². The van der Waals surface area contributed by atoms with Crippen molar-refractivity contribution in [2.75, 3.05) is 6.61 Å². The average Bonchev–Trinajstić information content (AvgIpc) is 2.47. The molecule has 2 aliphatic rings. The lowest BCUT2D eigenvalue weighted by atomic mass is 9.74. The van der Waals surface area contributed by atoms with Gasteiger partial charge in [-0.3, -0.25) is 0 Å². The predicted molar refractivity (Wildman–Crippen MR) is 76.6 cm³/mol. The summed E-state index contributed by atoms with van der Waals surface area (Å²) in [5.74, 6) is 0.191. The van der Waals surface area contributed by atoms with E-state index in [0.29, 0.717) is 23.6 Å². The van der Waals surface area contributed by atoms with Gasteiger partial charge in [0.15, 0.2) is 0 Å². The maximum Gasteiger partial charge on any atom is 0.129 e. The van der Waals surface area contributed by atoms with Gasteiger partial charge in [-0.05, 0) is 44.4 Å². The van der Waals surface area contributed by atoms with Crippen LogP contribution < -0.4 is 4.74 Å². The van der Waals surface area contributed by atoms with Crippen LogP contribution in [-0.2, 0) is 4.74 Å². The van der Waals surface area contributed by atoms with E-state index in [1.807, 2.05) is 0 Å². The van der Waals surface area contributed by atoms with E-state index < -0.39 is 0 Å². The Balaban J connectivity index is 1.78. The lowest BCUT2D eigenvalue weighted by Crippen LogP contribution is -2.48. The summed E-state index contributed by atoms with van der Waals surface area (Å²) in [7, 11) is 0. The van der Waals surface area contributed by atoms with Gasteiger partial charge in [-0.1, -0.05) is 5.16 Å². The minimum Gasteiger partial charge on any atom is -0.490 e. The fourth-order valence-corrected chi connectivity index (χ4v) is 3.12. The van der Waals surface area contributed by atoms with E-state index in [1.54, 1.807) is 13.0 Å². The van der Waals surface area contributed by atoms with Crippen LogP contribution in [-0.4, -0.2) is 29.2 Å². The lowest BCUT2D eigenvalue weighted by molar-refractivity contribution is -0.153. The second-order valence-electron chi connectivity index (χ2n) is 5.94. The van der Waals surface area contributed by atoms with Gasteiger partial charge < -0.3 is 14.7 Å². The molecule has 1 spiro atoms. The first kappa shape index (κ1) is 14.3. The molecule has 1 aromatic rings. The smallest absolute Gasteiger partial charge is 0.129 e. The van der Waals surface area contributed by atoms with Gasteiger partial charge in [-0.2, -0.15) is 0 Å². The standard InChI is InChI=1S/C16H20FNO3/c1-11(18-19)14-9-12(17)3-4-15(14)21-13-5-8-20-16(10-13)6-2-7-16/h3-4,9,13,19H,2,5-8,10H2,1H3/b18-11-. The van der Waals surface area contributed by atoms with Crippen molar-refractivity contribution in [1.82, 2.24) is 0 Å². The third-order valence-electron chi connectivity index (χ3n) is 4.49. The number of ether oxygens (including phenoxy) is 2. The van der Waals surface area contributed by atoms with E-state index in [2.05, 4.69) is 5.16 Å². The summed E-state index contributed by atoms with van der Waals surface area (Å²) in [6.07, 6.45) is 5.17. The Morgan fingerprint density at radius 3 is 2.95 bits per heavy atom. The molecule has 4 nitrogen and oxygen atoms in total. The molecular weight excluding hydrogens is 273 g/mol. The lowest BCUT2D eigenvalue weighted by Gasteiger charge is -2.47. The van der Waals surface area contributed by atoms with Crippen LogP contribution >= 0.6 is 0 Å². The van der Waals surface area contributed by atoms with E-state index in [1.165, 1.54) is 18.6 Å². The largest absolute Gasteiger partial charge is 0.490 e. The number of benzene rings is 1. The zero-order valence-electron chi connectivity index (χ0n) is 12.1. The van der Waals surface area contributed by atoms with Crippen molar-refractivity contribution in [2.45, 2.75) is 50.7 Å². The molecule has 1 heterocycles. The molecular formula is C16H20FNO3. The van der Waals surface area contributed by atoms with Crippen LogP contribution in [0.2, 0.25) is 0 Å². The Kier molecular flexibility index (Phi) is 3.85. The van der Waals surface area contributed by atoms with Crippen LogP contribution in [0.3, 0.4) is 0 Å².